The number of hydrogen-bond donors (Lipinski definition) is 3. The van der Waals surface area contributed by atoms with Gasteiger partial charge in [0, 0.05) is 0 Å². The van der Waals surface area contributed by atoms with E-state index in [9.17, 15) is 5.11 Å². The summed E-state index contributed by atoms with van der Waals surface area (Å²) in [4.78, 5) is 0. The lowest BCUT2D eigenvalue weighted by Gasteiger charge is -2.08. The van der Waals surface area contributed by atoms with Crippen LogP contribution in [-0.2, 0) is 0 Å². The molecule has 0 saturated heterocycles. The molecule has 0 radical (unpaired) electrons. The molecule has 1 unspecified atom stereocenters. The van der Waals surface area contributed by atoms with Crippen molar-refractivity contribution in [1.82, 2.24) is 5.43 Å². The van der Waals surface area contributed by atoms with Crippen LogP contribution in [0, 0.1) is 6.92 Å². The molecule has 0 aliphatic heterocycles. The second-order valence-electron chi connectivity index (χ2n) is 2.48. The molecule has 60 valence electrons. The molecule has 0 amide bonds. The van der Waals surface area contributed by atoms with Gasteiger partial charge in [0.1, 0.15) is 6.23 Å². The van der Waals surface area contributed by atoms with Gasteiger partial charge in [0.2, 0.25) is 0 Å². The molecule has 0 fully saturated rings. The largest absolute Gasteiger partial charge is 0.373 e. The number of aliphatic hydroxyl groups is 1. The van der Waals surface area contributed by atoms with E-state index in [4.69, 9.17) is 5.84 Å². The van der Waals surface area contributed by atoms with Crippen LogP contribution >= 0.6 is 0 Å². The summed E-state index contributed by atoms with van der Waals surface area (Å²) in [5, 5.41) is 9.22. The fourth-order valence-electron chi connectivity index (χ4n) is 0.936. The third kappa shape index (κ3) is 2.01. The zero-order chi connectivity index (χ0) is 8.27. The van der Waals surface area contributed by atoms with Crippen LogP contribution in [-0.4, -0.2) is 5.11 Å². The van der Waals surface area contributed by atoms with E-state index >= 15 is 0 Å². The van der Waals surface area contributed by atoms with Gasteiger partial charge in [0.15, 0.2) is 0 Å². The molecular formula is C8H12N2O. The van der Waals surface area contributed by atoms with Crippen molar-refractivity contribution in [2.45, 2.75) is 13.2 Å². The molecule has 0 heterocycles. The predicted molar refractivity (Wildman–Crippen MR) is 43.5 cm³/mol. The van der Waals surface area contributed by atoms with E-state index in [-0.39, 0.29) is 0 Å². The summed E-state index contributed by atoms with van der Waals surface area (Å²) < 4.78 is 0. The maximum Gasteiger partial charge on any atom is 0.143 e. The summed E-state index contributed by atoms with van der Waals surface area (Å²) in [7, 11) is 0. The summed E-state index contributed by atoms with van der Waals surface area (Å²) in [6, 6.07) is 7.54. The summed E-state index contributed by atoms with van der Waals surface area (Å²) in [5.74, 6) is 5.05. The summed E-state index contributed by atoms with van der Waals surface area (Å²) in [5.41, 5.74) is 4.16. The second-order valence-corrected chi connectivity index (χ2v) is 2.48. The highest BCUT2D eigenvalue weighted by molar-refractivity contribution is 5.23. The second kappa shape index (κ2) is 3.48. The molecule has 0 spiro atoms. The first-order valence-electron chi connectivity index (χ1n) is 3.45. The Bertz CT molecular complexity index is 237. The zero-order valence-electron chi connectivity index (χ0n) is 6.41. The Balaban J connectivity index is 2.86. The number of hydrogen-bond acceptors (Lipinski definition) is 3. The SMILES string of the molecule is Cc1cccc(C(O)NN)c1. The highest BCUT2D eigenvalue weighted by Crippen LogP contribution is 2.09. The van der Waals surface area contributed by atoms with Crippen LogP contribution in [0.5, 0.6) is 0 Å². The molecule has 0 aromatic heterocycles. The maximum atomic E-state index is 9.22. The normalized spacial score (nSPS) is 13.0. The van der Waals surface area contributed by atoms with Crippen molar-refractivity contribution in [3.8, 4) is 0 Å². The number of nitrogens with one attached hydrogen (secondary N) is 1. The molecule has 1 aromatic rings. The van der Waals surface area contributed by atoms with Gasteiger partial charge in [-0.2, -0.15) is 0 Å². The Morgan fingerprint density at radius 3 is 2.82 bits per heavy atom. The van der Waals surface area contributed by atoms with Gasteiger partial charge >= 0.3 is 0 Å². The van der Waals surface area contributed by atoms with Gasteiger partial charge in [-0.15, -0.1) is 0 Å². The predicted octanol–water partition coefficient (Wildman–Crippen LogP) is 0.449. The van der Waals surface area contributed by atoms with Gasteiger partial charge in [-0.3, -0.25) is 5.84 Å². The zero-order valence-corrected chi connectivity index (χ0v) is 6.41. The van der Waals surface area contributed by atoms with Gasteiger partial charge in [0.25, 0.3) is 0 Å². The van der Waals surface area contributed by atoms with Crippen molar-refractivity contribution in [3.63, 3.8) is 0 Å². The Labute approximate surface area is 65.8 Å². The van der Waals surface area contributed by atoms with Gasteiger partial charge in [-0.25, -0.2) is 5.43 Å². The van der Waals surface area contributed by atoms with Gasteiger partial charge in [0.05, 0.1) is 0 Å². The highest BCUT2D eigenvalue weighted by Gasteiger charge is 2.02. The van der Waals surface area contributed by atoms with E-state index in [1.54, 1.807) is 0 Å². The molecule has 0 saturated carbocycles. The van der Waals surface area contributed by atoms with Crippen molar-refractivity contribution in [2.75, 3.05) is 0 Å². The smallest absolute Gasteiger partial charge is 0.143 e. The van der Waals surface area contributed by atoms with E-state index < -0.39 is 6.23 Å². The minimum Gasteiger partial charge on any atom is -0.373 e. The number of nitrogens with two attached hydrogens (primary N) is 1. The Morgan fingerprint density at radius 1 is 1.55 bits per heavy atom. The van der Waals surface area contributed by atoms with E-state index in [2.05, 4.69) is 5.43 Å². The molecule has 4 N–H and O–H groups in total. The summed E-state index contributed by atoms with van der Waals surface area (Å²) >= 11 is 0. The van der Waals surface area contributed by atoms with Crippen LogP contribution in [0.1, 0.15) is 17.4 Å². The number of benzene rings is 1. The summed E-state index contributed by atoms with van der Waals surface area (Å²) in [6.45, 7) is 1.97. The molecule has 1 aromatic carbocycles. The molecular weight excluding hydrogens is 140 g/mol. The third-order valence-corrected chi connectivity index (χ3v) is 1.52. The van der Waals surface area contributed by atoms with Crippen molar-refractivity contribution in [3.05, 3.63) is 35.4 Å². The van der Waals surface area contributed by atoms with Crippen LogP contribution < -0.4 is 11.3 Å². The van der Waals surface area contributed by atoms with Crippen molar-refractivity contribution >= 4 is 0 Å². The summed E-state index contributed by atoms with van der Waals surface area (Å²) in [6.07, 6.45) is -0.769. The average molecular weight is 152 g/mol. The van der Waals surface area contributed by atoms with E-state index in [0.717, 1.165) is 11.1 Å². The number of aryl methyl sites for hydroxylation is 1. The number of hydrazine groups is 1. The van der Waals surface area contributed by atoms with Crippen LogP contribution in [0.25, 0.3) is 0 Å². The fourth-order valence-corrected chi connectivity index (χ4v) is 0.936. The van der Waals surface area contributed by atoms with E-state index in [1.807, 2.05) is 31.2 Å². The molecule has 0 bridgehead atoms. The van der Waals surface area contributed by atoms with Crippen molar-refractivity contribution in [1.29, 1.82) is 0 Å². The first kappa shape index (κ1) is 8.20. The van der Waals surface area contributed by atoms with Crippen LogP contribution in [0.15, 0.2) is 24.3 Å². The van der Waals surface area contributed by atoms with Gasteiger partial charge < -0.3 is 5.11 Å². The lowest BCUT2D eigenvalue weighted by atomic mass is 10.1. The maximum absolute atomic E-state index is 9.22. The van der Waals surface area contributed by atoms with E-state index in [0.29, 0.717) is 0 Å². The minimum atomic E-state index is -0.769. The number of aliphatic hydroxyl groups excluding tert-OH is 1. The Morgan fingerprint density at radius 2 is 2.27 bits per heavy atom. The molecule has 3 nitrogen and oxygen atoms in total. The Hall–Kier alpha value is -0.900. The fraction of sp³-hybridized carbons (Fsp3) is 0.250. The molecule has 0 aliphatic carbocycles. The highest BCUT2D eigenvalue weighted by atomic mass is 16.3. The molecule has 1 rings (SSSR count). The number of rotatable bonds is 2. The standard InChI is InChI=1S/C8H12N2O/c1-6-3-2-4-7(5-6)8(11)10-9/h2-5,8,10-11H,9H2,1H3. The van der Waals surface area contributed by atoms with Crippen LogP contribution in [0.2, 0.25) is 0 Å². The van der Waals surface area contributed by atoms with Gasteiger partial charge in [-0.05, 0) is 12.5 Å². The molecule has 1 atom stereocenters. The lowest BCUT2D eigenvalue weighted by Crippen LogP contribution is -2.27. The van der Waals surface area contributed by atoms with Crippen molar-refractivity contribution in [2.24, 2.45) is 5.84 Å². The quantitative estimate of drug-likeness (QED) is 0.327. The van der Waals surface area contributed by atoms with Crippen molar-refractivity contribution < 1.29 is 5.11 Å². The molecule has 3 heteroatoms. The molecule has 0 aliphatic rings. The van der Waals surface area contributed by atoms with Gasteiger partial charge in [-0.1, -0.05) is 29.8 Å². The minimum absolute atomic E-state index is 0.769. The Kier molecular flexibility index (Phi) is 2.59. The average Bonchev–Trinajstić information content (AvgIpc) is 2.03. The first-order valence-corrected chi connectivity index (χ1v) is 3.45. The van der Waals surface area contributed by atoms with E-state index in [1.165, 1.54) is 0 Å². The molecule has 11 heavy (non-hydrogen) atoms. The first-order chi connectivity index (χ1) is 5.24. The monoisotopic (exact) mass is 152 g/mol. The lowest BCUT2D eigenvalue weighted by molar-refractivity contribution is 0.140. The van der Waals surface area contributed by atoms with Crippen LogP contribution in [0.3, 0.4) is 0 Å². The topological polar surface area (TPSA) is 58.3 Å². The van der Waals surface area contributed by atoms with Crippen LogP contribution in [0.4, 0.5) is 0 Å². The third-order valence-electron chi connectivity index (χ3n) is 1.52.